The molecule has 0 unspecified atom stereocenters. The minimum Gasteiger partial charge on any atom is -0.267 e. The summed E-state index contributed by atoms with van der Waals surface area (Å²) < 4.78 is 0.237. The van der Waals surface area contributed by atoms with Crippen LogP contribution in [-0.4, -0.2) is 16.6 Å². The third kappa shape index (κ3) is 2.31. The van der Waals surface area contributed by atoms with Gasteiger partial charge in [0.1, 0.15) is 0 Å². The van der Waals surface area contributed by atoms with E-state index in [1.165, 1.54) is 0 Å². The van der Waals surface area contributed by atoms with Gasteiger partial charge >= 0.3 is 11.4 Å². The van der Waals surface area contributed by atoms with Gasteiger partial charge in [0.25, 0.3) is 0 Å². The number of nitro groups is 2. The number of hydrogen-bond donors (Lipinski definition) is 1. The van der Waals surface area contributed by atoms with Gasteiger partial charge in [0, 0.05) is 23.3 Å². The van der Waals surface area contributed by atoms with Crippen LogP contribution >= 0.6 is 15.9 Å². The topological polar surface area (TPSA) is 111 Å². The van der Waals surface area contributed by atoms with Crippen molar-refractivity contribution in [3.63, 3.8) is 0 Å². The van der Waals surface area contributed by atoms with Crippen molar-refractivity contribution in [3.05, 3.63) is 36.8 Å². The lowest BCUT2D eigenvalue weighted by molar-refractivity contribution is -0.392. The van der Waals surface area contributed by atoms with Crippen LogP contribution in [0.3, 0.4) is 0 Å². The lowest BCUT2D eigenvalue weighted by Gasteiger charge is -2.03. The van der Waals surface area contributed by atoms with Gasteiger partial charge in [-0.3, -0.25) is 25.7 Å². The van der Waals surface area contributed by atoms with Crippen LogP contribution in [0.15, 0.2) is 21.7 Å². The highest BCUT2D eigenvalue weighted by Gasteiger charge is 2.26. The summed E-state index contributed by atoms with van der Waals surface area (Å²) in [6.45, 7) is 3.06. The zero-order valence-corrected chi connectivity index (χ0v) is 9.30. The molecule has 0 fully saturated rings. The Labute approximate surface area is 97.4 Å². The Morgan fingerprint density at radius 3 is 2.00 bits per heavy atom. The monoisotopic (exact) mass is 288 g/mol. The Hall–Kier alpha value is -2.03. The van der Waals surface area contributed by atoms with Gasteiger partial charge in [-0.1, -0.05) is 15.9 Å². The third-order valence-electron chi connectivity index (χ3n) is 1.65. The second-order valence-corrected chi connectivity index (χ2v) is 3.52. The van der Waals surface area contributed by atoms with E-state index < -0.39 is 21.2 Å². The van der Waals surface area contributed by atoms with E-state index in [-0.39, 0.29) is 10.2 Å². The van der Waals surface area contributed by atoms with Crippen molar-refractivity contribution in [3.8, 4) is 0 Å². The van der Waals surface area contributed by atoms with E-state index in [0.717, 1.165) is 12.1 Å². The molecule has 1 aromatic carbocycles. The first-order valence-corrected chi connectivity index (χ1v) is 4.60. The number of rotatable bonds is 4. The molecule has 0 saturated heterocycles. The van der Waals surface area contributed by atoms with Crippen LogP contribution in [0.25, 0.3) is 0 Å². The van der Waals surface area contributed by atoms with E-state index in [1.807, 2.05) is 0 Å². The minimum atomic E-state index is -0.745. The molecule has 1 N–H and O–H groups in total. The van der Waals surface area contributed by atoms with Crippen LogP contribution in [0.2, 0.25) is 0 Å². The highest BCUT2D eigenvalue weighted by Crippen LogP contribution is 2.37. The summed E-state index contributed by atoms with van der Waals surface area (Å²) in [5.74, 6) is 0. The van der Waals surface area contributed by atoms with Crippen molar-refractivity contribution < 1.29 is 9.85 Å². The number of hydrogen-bond acceptors (Lipinski definition) is 6. The molecule has 0 aliphatic rings. The predicted octanol–water partition coefficient (Wildman–Crippen LogP) is 2.29. The van der Waals surface area contributed by atoms with E-state index in [0.29, 0.717) is 0 Å². The molecule has 0 aliphatic heterocycles. The maximum Gasteiger partial charge on any atom is 0.302 e. The number of halogens is 1. The Kier molecular flexibility index (Phi) is 3.51. The van der Waals surface area contributed by atoms with E-state index in [9.17, 15) is 20.2 Å². The second-order valence-electron chi connectivity index (χ2n) is 2.60. The van der Waals surface area contributed by atoms with Crippen LogP contribution < -0.4 is 5.43 Å². The molecule has 0 aliphatic carbocycles. The predicted molar refractivity (Wildman–Crippen MR) is 60.6 cm³/mol. The molecule has 0 heterocycles. The maximum atomic E-state index is 10.7. The maximum absolute atomic E-state index is 10.7. The number of nitrogens with one attached hydrogen (secondary N) is 1. The number of anilines is 1. The standard InChI is InChI=1S/C7H5BrN4O4/c1-9-10-7-5(11(13)14)2-4(8)3-6(7)12(15)16/h2-3,10H,1H2. The molecule has 84 valence electrons. The van der Waals surface area contributed by atoms with E-state index in [2.05, 4.69) is 33.2 Å². The van der Waals surface area contributed by atoms with Crippen molar-refractivity contribution in [2.75, 3.05) is 5.43 Å². The van der Waals surface area contributed by atoms with Gasteiger partial charge in [-0.05, 0) is 0 Å². The molecule has 0 aromatic heterocycles. The molecule has 9 heteroatoms. The molecule has 1 aromatic rings. The molecule has 8 nitrogen and oxygen atoms in total. The second kappa shape index (κ2) is 4.66. The lowest BCUT2D eigenvalue weighted by atomic mass is 10.2. The lowest BCUT2D eigenvalue weighted by Crippen LogP contribution is -2.01. The van der Waals surface area contributed by atoms with Crippen molar-refractivity contribution >= 4 is 39.7 Å². The SMILES string of the molecule is C=NNc1c([N+](=O)[O-])cc(Br)cc1[N+](=O)[O-]. The molecular weight excluding hydrogens is 284 g/mol. The summed E-state index contributed by atoms with van der Waals surface area (Å²) in [5.41, 5.74) is 0.945. The van der Waals surface area contributed by atoms with Crippen molar-refractivity contribution in [1.82, 2.24) is 0 Å². The molecule has 0 atom stereocenters. The molecule has 0 spiro atoms. The zero-order valence-electron chi connectivity index (χ0n) is 7.71. The van der Waals surface area contributed by atoms with Gasteiger partial charge in [-0.15, -0.1) is 0 Å². The van der Waals surface area contributed by atoms with Gasteiger partial charge in [0.05, 0.1) is 9.85 Å². The molecule has 16 heavy (non-hydrogen) atoms. The van der Waals surface area contributed by atoms with Crippen molar-refractivity contribution in [2.24, 2.45) is 5.10 Å². The average Bonchev–Trinajstić information content (AvgIpc) is 2.19. The fourth-order valence-electron chi connectivity index (χ4n) is 1.06. The highest BCUT2D eigenvalue weighted by molar-refractivity contribution is 9.10. The Morgan fingerprint density at radius 2 is 1.69 bits per heavy atom. The average molecular weight is 289 g/mol. The van der Waals surface area contributed by atoms with Gasteiger partial charge in [-0.2, -0.15) is 5.10 Å². The molecule has 0 bridgehead atoms. The zero-order chi connectivity index (χ0) is 12.3. The summed E-state index contributed by atoms with van der Waals surface area (Å²) in [6, 6.07) is 2.28. The first-order chi connectivity index (χ1) is 7.47. The highest BCUT2D eigenvalue weighted by atomic mass is 79.9. The van der Waals surface area contributed by atoms with E-state index in [4.69, 9.17) is 0 Å². The van der Waals surface area contributed by atoms with Gasteiger partial charge in [-0.25, -0.2) is 0 Å². The minimum absolute atomic E-state index is 0.237. The quantitative estimate of drug-likeness (QED) is 0.519. The Bertz CT molecular complexity index is 440. The smallest absolute Gasteiger partial charge is 0.267 e. The molecule has 1 rings (SSSR count). The third-order valence-corrected chi connectivity index (χ3v) is 2.10. The number of nitrogens with zero attached hydrogens (tertiary/aromatic N) is 3. The van der Waals surface area contributed by atoms with Crippen molar-refractivity contribution in [1.29, 1.82) is 0 Å². The fourth-order valence-corrected chi connectivity index (χ4v) is 1.49. The normalized spacial score (nSPS) is 9.56. The van der Waals surface area contributed by atoms with Crippen LogP contribution in [0, 0.1) is 20.2 Å². The van der Waals surface area contributed by atoms with E-state index in [1.54, 1.807) is 0 Å². The Balaban J connectivity index is 3.52. The van der Waals surface area contributed by atoms with E-state index >= 15 is 0 Å². The molecule has 0 radical (unpaired) electrons. The molecule has 0 saturated carbocycles. The van der Waals surface area contributed by atoms with Crippen LogP contribution in [-0.2, 0) is 0 Å². The van der Waals surface area contributed by atoms with Crippen LogP contribution in [0.4, 0.5) is 17.1 Å². The number of hydrazone groups is 1. The molecular formula is C7H5BrN4O4. The molecule has 0 amide bonds. The van der Waals surface area contributed by atoms with Crippen LogP contribution in [0.1, 0.15) is 0 Å². The summed E-state index contributed by atoms with van der Waals surface area (Å²) in [7, 11) is 0. The summed E-state index contributed by atoms with van der Waals surface area (Å²) >= 11 is 2.95. The summed E-state index contributed by atoms with van der Waals surface area (Å²) in [6.07, 6.45) is 0. The number of benzene rings is 1. The van der Waals surface area contributed by atoms with Gasteiger partial charge < -0.3 is 0 Å². The van der Waals surface area contributed by atoms with Crippen LogP contribution in [0.5, 0.6) is 0 Å². The summed E-state index contributed by atoms with van der Waals surface area (Å²) in [5, 5.41) is 24.6. The largest absolute Gasteiger partial charge is 0.302 e. The first kappa shape index (κ1) is 12.0. The number of nitro benzene ring substituents is 2. The fraction of sp³-hybridized carbons (Fsp3) is 0. The Morgan fingerprint density at radius 1 is 1.25 bits per heavy atom. The summed E-state index contributed by atoms with van der Waals surface area (Å²) in [4.78, 5) is 19.9. The van der Waals surface area contributed by atoms with Gasteiger partial charge in [0.2, 0.25) is 5.69 Å². The van der Waals surface area contributed by atoms with Gasteiger partial charge in [0.15, 0.2) is 0 Å². The first-order valence-electron chi connectivity index (χ1n) is 3.81. The van der Waals surface area contributed by atoms with Crippen molar-refractivity contribution in [2.45, 2.75) is 0 Å².